The van der Waals surface area contributed by atoms with Crippen molar-refractivity contribution in [3.63, 3.8) is 0 Å². The molecule has 0 saturated carbocycles. The first kappa shape index (κ1) is 21.6. The normalized spacial score (nSPS) is 11.0. The minimum absolute atomic E-state index is 0.00301. The van der Waals surface area contributed by atoms with Gasteiger partial charge in [0.25, 0.3) is 5.91 Å². The number of halogens is 2. The summed E-state index contributed by atoms with van der Waals surface area (Å²) in [5.74, 6) is -1.90. The summed E-state index contributed by atoms with van der Waals surface area (Å²) in [4.78, 5) is 17.2. The predicted molar refractivity (Wildman–Crippen MR) is 114 cm³/mol. The number of aromatic nitrogens is 4. The molecule has 3 heterocycles. The minimum Gasteiger partial charge on any atom is -0.486 e. The number of hydrogen-bond acceptors (Lipinski definition) is 7. The summed E-state index contributed by atoms with van der Waals surface area (Å²) in [7, 11) is 0. The zero-order valence-electron chi connectivity index (χ0n) is 17.5. The van der Waals surface area contributed by atoms with Crippen LogP contribution in [0.1, 0.15) is 34.4 Å². The van der Waals surface area contributed by atoms with E-state index in [4.69, 9.17) is 9.26 Å². The minimum atomic E-state index is -0.845. The van der Waals surface area contributed by atoms with Crippen LogP contribution in [0, 0.1) is 25.5 Å². The van der Waals surface area contributed by atoms with Gasteiger partial charge < -0.3 is 9.26 Å². The number of amides is 1. The summed E-state index contributed by atoms with van der Waals surface area (Å²) in [6.07, 6.45) is 1.90. The Morgan fingerprint density at radius 3 is 2.84 bits per heavy atom. The average molecular weight is 459 g/mol. The molecule has 0 saturated heterocycles. The molecular formula is C21H19F2N5O3S. The molecular weight excluding hydrogens is 440 g/mol. The van der Waals surface area contributed by atoms with Crippen molar-refractivity contribution in [3.8, 4) is 17.0 Å². The van der Waals surface area contributed by atoms with Crippen molar-refractivity contribution in [3.05, 3.63) is 64.1 Å². The Kier molecular flexibility index (Phi) is 5.99. The van der Waals surface area contributed by atoms with Crippen LogP contribution in [0.25, 0.3) is 11.3 Å². The Morgan fingerprint density at radius 1 is 1.31 bits per heavy atom. The maximum absolute atomic E-state index is 13.8. The lowest BCUT2D eigenvalue weighted by Crippen LogP contribution is -2.15. The van der Waals surface area contributed by atoms with E-state index in [1.54, 1.807) is 6.92 Å². The van der Waals surface area contributed by atoms with Crippen LogP contribution in [-0.4, -0.2) is 25.8 Å². The van der Waals surface area contributed by atoms with Gasteiger partial charge >= 0.3 is 0 Å². The molecule has 1 N–H and O–H groups in total. The molecule has 4 rings (SSSR count). The average Bonchev–Trinajstić information content (AvgIpc) is 3.46. The van der Waals surface area contributed by atoms with E-state index in [2.05, 4.69) is 20.6 Å². The van der Waals surface area contributed by atoms with E-state index >= 15 is 0 Å². The number of ether oxygens (including phenoxy) is 1. The van der Waals surface area contributed by atoms with Gasteiger partial charge in [-0.1, -0.05) is 5.16 Å². The van der Waals surface area contributed by atoms with E-state index < -0.39 is 17.5 Å². The van der Waals surface area contributed by atoms with E-state index in [1.807, 2.05) is 30.1 Å². The van der Waals surface area contributed by atoms with Gasteiger partial charge in [-0.25, -0.2) is 13.8 Å². The number of rotatable bonds is 7. The SMILES string of the molecule is CCn1cc(-c2csc(NC(=O)c3noc(C)c3COc3ccc(F)cc3F)n2)c(C)n1. The van der Waals surface area contributed by atoms with E-state index in [9.17, 15) is 13.6 Å². The molecule has 32 heavy (non-hydrogen) atoms. The molecule has 8 nitrogen and oxygen atoms in total. The Labute approximate surface area is 185 Å². The monoisotopic (exact) mass is 459 g/mol. The molecule has 4 aromatic rings. The summed E-state index contributed by atoms with van der Waals surface area (Å²) in [6, 6.07) is 2.97. The maximum Gasteiger partial charge on any atom is 0.280 e. The van der Waals surface area contributed by atoms with Crippen LogP contribution in [0.2, 0.25) is 0 Å². The first-order valence-electron chi connectivity index (χ1n) is 9.70. The molecule has 0 spiro atoms. The van der Waals surface area contributed by atoms with Crippen molar-refractivity contribution in [2.45, 2.75) is 33.9 Å². The standard InChI is InChI=1S/C21H19F2N5O3S/c1-4-28-8-14(11(2)26-28)17-10-32-21(24-17)25-20(29)19-15(12(3)31-27-19)9-30-18-6-5-13(22)7-16(18)23/h5-8,10H,4,9H2,1-3H3,(H,24,25,29). The van der Waals surface area contributed by atoms with Crippen molar-refractivity contribution in [2.24, 2.45) is 0 Å². The van der Waals surface area contributed by atoms with Gasteiger partial charge in [0.05, 0.1) is 17.0 Å². The highest BCUT2D eigenvalue weighted by Gasteiger charge is 2.22. The van der Waals surface area contributed by atoms with Gasteiger partial charge in [0.15, 0.2) is 22.4 Å². The van der Waals surface area contributed by atoms with Gasteiger partial charge in [-0.15, -0.1) is 11.3 Å². The number of carbonyl (C=O) groups excluding carboxylic acids is 1. The Balaban J connectivity index is 1.49. The van der Waals surface area contributed by atoms with Crippen LogP contribution in [-0.2, 0) is 13.2 Å². The van der Waals surface area contributed by atoms with Crippen molar-refractivity contribution >= 4 is 22.4 Å². The lowest BCUT2D eigenvalue weighted by molar-refractivity contribution is 0.101. The summed E-state index contributed by atoms with van der Waals surface area (Å²) < 4.78 is 39.2. The second-order valence-electron chi connectivity index (χ2n) is 6.91. The topological polar surface area (TPSA) is 95.1 Å². The van der Waals surface area contributed by atoms with Crippen molar-refractivity contribution in [1.29, 1.82) is 0 Å². The predicted octanol–water partition coefficient (Wildman–Crippen LogP) is 4.74. The first-order chi connectivity index (χ1) is 15.4. The number of carbonyl (C=O) groups is 1. The van der Waals surface area contributed by atoms with Crippen LogP contribution >= 0.6 is 11.3 Å². The van der Waals surface area contributed by atoms with Gasteiger partial charge in [0, 0.05) is 29.8 Å². The lowest BCUT2D eigenvalue weighted by Gasteiger charge is -2.07. The van der Waals surface area contributed by atoms with Gasteiger partial charge in [0.1, 0.15) is 18.2 Å². The second kappa shape index (κ2) is 8.87. The summed E-state index contributed by atoms with van der Waals surface area (Å²) in [5.41, 5.74) is 2.78. The molecule has 0 fully saturated rings. The lowest BCUT2D eigenvalue weighted by atomic mass is 10.2. The molecule has 0 radical (unpaired) electrons. The van der Waals surface area contributed by atoms with Gasteiger partial charge in [-0.05, 0) is 32.9 Å². The van der Waals surface area contributed by atoms with Gasteiger partial charge in [0.2, 0.25) is 0 Å². The first-order valence-corrected chi connectivity index (χ1v) is 10.6. The zero-order valence-corrected chi connectivity index (χ0v) is 18.3. The summed E-state index contributed by atoms with van der Waals surface area (Å²) >= 11 is 1.26. The third-order valence-electron chi connectivity index (χ3n) is 4.74. The van der Waals surface area contributed by atoms with Crippen LogP contribution in [0.3, 0.4) is 0 Å². The second-order valence-corrected chi connectivity index (χ2v) is 7.76. The summed E-state index contributed by atoms with van der Waals surface area (Å²) in [6.45, 7) is 6.06. The molecule has 11 heteroatoms. The molecule has 0 unspecified atom stereocenters. The largest absolute Gasteiger partial charge is 0.486 e. The zero-order chi connectivity index (χ0) is 22.8. The Hall–Kier alpha value is -3.60. The van der Waals surface area contributed by atoms with E-state index in [1.165, 1.54) is 17.4 Å². The van der Waals surface area contributed by atoms with Gasteiger partial charge in [-0.3, -0.25) is 14.8 Å². The number of anilines is 1. The van der Waals surface area contributed by atoms with Crippen LogP contribution in [0.4, 0.5) is 13.9 Å². The van der Waals surface area contributed by atoms with Crippen molar-refractivity contribution in [2.75, 3.05) is 5.32 Å². The maximum atomic E-state index is 13.8. The number of hydrogen-bond donors (Lipinski definition) is 1. The third kappa shape index (κ3) is 4.37. The summed E-state index contributed by atoms with van der Waals surface area (Å²) in [5, 5.41) is 13.1. The van der Waals surface area contributed by atoms with Crippen LogP contribution < -0.4 is 10.1 Å². The van der Waals surface area contributed by atoms with Gasteiger partial charge in [-0.2, -0.15) is 5.10 Å². The molecule has 166 valence electrons. The smallest absolute Gasteiger partial charge is 0.280 e. The highest BCUT2D eigenvalue weighted by atomic mass is 32.1. The quantitative estimate of drug-likeness (QED) is 0.429. The molecule has 0 aliphatic rings. The number of thiazole rings is 1. The molecule has 3 aromatic heterocycles. The number of benzene rings is 1. The van der Waals surface area contributed by atoms with Crippen LogP contribution in [0.5, 0.6) is 5.75 Å². The third-order valence-corrected chi connectivity index (χ3v) is 5.49. The fraction of sp³-hybridized carbons (Fsp3) is 0.238. The molecule has 1 aromatic carbocycles. The Morgan fingerprint density at radius 2 is 2.12 bits per heavy atom. The van der Waals surface area contributed by atoms with Crippen LogP contribution in [0.15, 0.2) is 34.3 Å². The molecule has 1 amide bonds. The number of aryl methyl sites for hydroxylation is 3. The highest BCUT2D eigenvalue weighted by molar-refractivity contribution is 7.14. The number of nitrogens with one attached hydrogen (secondary N) is 1. The van der Waals surface area contributed by atoms with E-state index in [0.717, 1.165) is 29.9 Å². The number of nitrogens with zero attached hydrogens (tertiary/aromatic N) is 4. The fourth-order valence-electron chi connectivity index (χ4n) is 3.02. The Bertz CT molecular complexity index is 1280. The molecule has 0 bridgehead atoms. The molecule has 0 aliphatic heterocycles. The van der Waals surface area contributed by atoms with Crippen molar-refractivity contribution in [1.82, 2.24) is 19.9 Å². The van der Waals surface area contributed by atoms with E-state index in [-0.39, 0.29) is 18.1 Å². The molecule has 0 aliphatic carbocycles. The van der Waals surface area contributed by atoms with Crippen molar-refractivity contribution < 1.29 is 22.8 Å². The highest BCUT2D eigenvalue weighted by Crippen LogP contribution is 2.28. The van der Waals surface area contributed by atoms with E-state index in [0.29, 0.717) is 22.1 Å². The fourth-order valence-corrected chi connectivity index (χ4v) is 3.73. The molecule has 0 atom stereocenters.